The Morgan fingerprint density at radius 2 is 1.56 bits per heavy atom. The monoisotopic (exact) mass is 123 g/mol. The van der Waals surface area contributed by atoms with Crippen LogP contribution >= 0.6 is 0 Å². The average molecular weight is 123 g/mol. The highest BCUT2D eigenvalue weighted by molar-refractivity contribution is 5.15. The summed E-state index contributed by atoms with van der Waals surface area (Å²) in [5.74, 6) is 4.11. The van der Waals surface area contributed by atoms with Gasteiger partial charge in [-0.1, -0.05) is 0 Å². The molecule has 1 heteroatoms. The largest absolute Gasteiger partial charge is 0.327 e. The summed E-state index contributed by atoms with van der Waals surface area (Å²) in [5.41, 5.74) is 5.89. The molecule has 2 bridgehead atoms. The Kier molecular flexibility index (Phi) is 0.628. The van der Waals surface area contributed by atoms with Crippen LogP contribution < -0.4 is 5.73 Å². The van der Waals surface area contributed by atoms with Crippen molar-refractivity contribution in [3.8, 4) is 0 Å². The first-order chi connectivity index (χ1) is 4.38. The maximum atomic E-state index is 5.89. The van der Waals surface area contributed by atoms with Crippen LogP contribution in [-0.4, -0.2) is 6.04 Å². The summed E-state index contributed by atoms with van der Waals surface area (Å²) in [6, 6.07) is 0.635. The molecule has 9 heavy (non-hydrogen) atoms. The molecule has 0 heterocycles. The number of hydrogen-bond donors (Lipinski definition) is 1. The van der Waals surface area contributed by atoms with Gasteiger partial charge in [0.15, 0.2) is 0 Å². The summed E-state index contributed by atoms with van der Waals surface area (Å²) in [4.78, 5) is 0. The van der Waals surface area contributed by atoms with Crippen LogP contribution in [0.2, 0.25) is 0 Å². The zero-order valence-electron chi connectivity index (χ0n) is 5.59. The minimum atomic E-state index is 0.635. The number of hydrogen-bond acceptors (Lipinski definition) is 1. The summed E-state index contributed by atoms with van der Waals surface area (Å²) in [6.45, 7) is 0. The molecule has 0 amide bonds. The van der Waals surface area contributed by atoms with Gasteiger partial charge in [-0.2, -0.15) is 0 Å². The number of fused-ring (bicyclic) bond motifs is 5. The molecule has 0 radical (unpaired) electrons. The normalized spacial score (nSPS) is 68.3. The summed E-state index contributed by atoms with van der Waals surface area (Å²) < 4.78 is 0. The van der Waals surface area contributed by atoms with Crippen LogP contribution in [-0.2, 0) is 0 Å². The van der Waals surface area contributed by atoms with E-state index in [1.165, 1.54) is 19.3 Å². The van der Waals surface area contributed by atoms with E-state index in [9.17, 15) is 0 Å². The molecule has 2 N–H and O–H groups in total. The maximum absolute atomic E-state index is 5.89. The van der Waals surface area contributed by atoms with Crippen molar-refractivity contribution in [2.75, 3.05) is 0 Å². The van der Waals surface area contributed by atoms with Crippen molar-refractivity contribution in [1.82, 2.24) is 0 Å². The van der Waals surface area contributed by atoms with E-state index < -0.39 is 0 Å². The Hall–Kier alpha value is -0.0400. The van der Waals surface area contributed by atoms with Crippen LogP contribution in [0.1, 0.15) is 19.3 Å². The lowest BCUT2D eigenvalue weighted by Gasteiger charge is -2.03. The molecule has 0 aromatic rings. The van der Waals surface area contributed by atoms with Gasteiger partial charge in [0.2, 0.25) is 0 Å². The fourth-order valence-corrected chi connectivity index (χ4v) is 3.39. The van der Waals surface area contributed by atoms with Crippen LogP contribution in [0.4, 0.5) is 0 Å². The molecular weight excluding hydrogens is 110 g/mol. The van der Waals surface area contributed by atoms with E-state index in [-0.39, 0.29) is 0 Å². The second kappa shape index (κ2) is 1.20. The van der Waals surface area contributed by atoms with Crippen molar-refractivity contribution in [3.63, 3.8) is 0 Å². The molecule has 0 aromatic carbocycles. The van der Waals surface area contributed by atoms with Gasteiger partial charge < -0.3 is 5.73 Å². The molecule has 3 aliphatic carbocycles. The Balaban J connectivity index is 1.96. The Bertz CT molecular complexity index is 135. The molecule has 5 atom stereocenters. The minimum absolute atomic E-state index is 0.635. The van der Waals surface area contributed by atoms with E-state index in [0.29, 0.717) is 6.04 Å². The Morgan fingerprint density at radius 1 is 1.00 bits per heavy atom. The molecule has 0 saturated heterocycles. The van der Waals surface area contributed by atoms with Crippen molar-refractivity contribution >= 4 is 0 Å². The smallest absolute Gasteiger partial charge is 0.0108 e. The molecule has 50 valence electrons. The number of nitrogens with two attached hydrogens (primary N) is 1. The van der Waals surface area contributed by atoms with E-state index in [2.05, 4.69) is 0 Å². The third kappa shape index (κ3) is 0.389. The van der Waals surface area contributed by atoms with Crippen molar-refractivity contribution in [3.05, 3.63) is 0 Å². The predicted molar refractivity (Wildman–Crippen MR) is 35.8 cm³/mol. The molecule has 3 rings (SSSR count). The third-order valence-electron chi connectivity index (χ3n) is 3.79. The molecule has 3 fully saturated rings. The summed E-state index contributed by atoms with van der Waals surface area (Å²) in [6.07, 6.45) is 4.53. The first kappa shape index (κ1) is 4.73. The van der Waals surface area contributed by atoms with Gasteiger partial charge >= 0.3 is 0 Å². The fraction of sp³-hybridized carbons (Fsp3) is 1.00. The Morgan fingerprint density at radius 3 is 2.00 bits per heavy atom. The first-order valence-electron chi connectivity index (χ1n) is 4.13. The van der Waals surface area contributed by atoms with Crippen LogP contribution in [0.25, 0.3) is 0 Å². The SMILES string of the molecule is NC1[C@@H]2[C@H]3CC[C@@H](C3)[C@H]12. The highest BCUT2D eigenvalue weighted by atomic mass is 14.9. The molecule has 1 nitrogen and oxygen atoms in total. The predicted octanol–water partition coefficient (Wildman–Crippen LogP) is 0.990. The summed E-state index contributed by atoms with van der Waals surface area (Å²) in [5, 5.41) is 0. The maximum Gasteiger partial charge on any atom is 0.0108 e. The van der Waals surface area contributed by atoms with Gasteiger partial charge in [-0.15, -0.1) is 0 Å². The van der Waals surface area contributed by atoms with Crippen LogP contribution in [0.5, 0.6) is 0 Å². The van der Waals surface area contributed by atoms with Gasteiger partial charge in [-0.05, 0) is 42.9 Å². The fourth-order valence-electron chi connectivity index (χ4n) is 3.39. The van der Waals surface area contributed by atoms with E-state index in [1.807, 2.05) is 0 Å². The standard InChI is InChI=1S/C8H13N/c9-8-6-4-1-2-5(3-4)7(6)8/h4-8H,1-3,9H2/t4-,5-,6-,7+,8?/m0/s1. The summed E-state index contributed by atoms with van der Waals surface area (Å²) >= 11 is 0. The summed E-state index contributed by atoms with van der Waals surface area (Å²) in [7, 11) is 0. The van der Waals surface area contributed by atoms with Crippen LogP contribution in [0.3, 0.4) is 0 Å². The molecule has 1 unspecified atom stereocenters. The average Bonchev–Trinajstić information content (AvgIpc) is 2.29. The second-order valence-corrected chi connectivity index (χ2v) is 4.07. The van der Waals surface area contributed by atoms with Crippen molar-refractivity contribution in [2.45, 2.75) is 25.3 Å². The first-order valence-corrected chi connectivity index (χ1v) is 4.13. The van der Waals surface area contributed by atoms with Gasteiger partial charge in [0.25, 0.3) is 0 Å². The second-order valence-electron chi connectivity index (χ2n) is 4.07. The minimum Gasteiger partial charge on any atom is -0.327 e. The van der Waals surface area contributed by atoms with Gasteiger partial charge in [0.05, 0.1) is 0 Å². The van der Waals surface area contributed by atoms with Crippen LogP contribution in [0.15, 0.2) is 0 Å². The lowest BCUT2D eigenvalue weighted by atomic mass is 10.0. The Labute approximate surface area is 55.6 Å². The van der Waals surface area contributed by atoms with Crippen LogP contribution in [0, 0.1) is 23.7 Å². The van der Waals surface area contributed by atoms with Gasteiger partial charge in [0, 0.05) is 6.04 Å². The highest BCUT2D eigenvalue weighted by Crippen LogP contribution is 2.64. The van der Waals surface area contributed by atoms with E-state index in [4.69, 9.17) is 5.73 Å². The molecule has 0 aliphatic heterocycles. The van der Waals surface area contributed by atoms with Crippen molar-refractivity contribution in [2.24, 2.45) is 29.4 Å². The topological polar surface area (TPSA) is 26.0 Å². The zero-order chi connectivity index (χ0) is 6.01. The van der Waals surface area contributed by atoms with Crippen molar-refractivity contribution < 1.29 is 0 Å². The zero-order valence-corrected chi connectivity index (χ0v) is 5.59. The third-order valence-corrected chi connectivity index (χ3v) is 3.79. The lowest BCUT2D eigenvalue weighted by Crippen LogP contribution is -2.11. The van der Waals surface area contributed by atoms with E-state index >= 15 is 0 Å². The number of rotatable bonds is 0. The lowest BCUT2D eigenvalue weighted by molar-refractivity contribution is 0.456. The van der Waals surface area contributed by atoms with Gasteiger partial charge in [-0.25, -0.2) is 0 Å². The molecular formula is C8H13N. The quantitative estimate of drug-likeness (QED) is 0.510. The highest BCUT2D eigenvalue weighted by Gasteiger charge is 2.63. The van der Waals surface area contributed by atoms with Crippen molar-refractivity contribution in [1.29, 1.82) is 0 Å². The molecule has 3 saturated carbocycles. The molecule has 0 aromatic heterocycles. The van der Waals surface area contributed by atoms with E-state index in [1.54, 1.807) is 0 Å². The van der Waals surface area contributed by atoms with E-state index in [0.717, 1.165) is 23.7 Å². The molecule has 0 spiro atoms. The van der Waals surface area contributed by atoms with Gasteiger partial charge in [-0.3, -0.25) is 0 Å². The van der Waals surface area contributed by atoms with Gasteiger partial charge in [0.1, 0.15) is 0 Å². The molecule has 3 aliphatic rings.